The third-order valence-electron chi connectivity index (χ3n) is 10.3. The number of aliphatic hydroxyl groups excluding tert-OH is 1. The largest absolute Gasteiger partial charge is 0.508 e. The number of hydrogen-bond donors (Lipinski definition) is 4. The second-order valence-electron chi connectivity index (χ2n) is 13.1. The number of ether oxygens (including phenoxy) is 2. The molecule has 0 spiro atoms. The first-order chi connectivity index (χ1) is 22.5. The average Bonchev–Trinajstić information content (AvgIpc) is 3.37. The Balaban J connectivity index is 0.000000191. The molecule has 0 heterocycles. The summed E-state index contributed by atoms with van der Waals surface area (Å²) in [4.78, 5) is 23.9. The van der Waals surface area contributed by atoms with Crippen molar-refractivity contribution in [2.75, 3.05) is 14.2 Å². The molecule has 6 rings (SSSR count). The van der Waals surface area contributed by atoms with Crippen LogP contribution in [0, 0.1) is 17.3 Å². The molecule has 5 atom stereocenters. The molecule has 0 bridgehead atoms. The molecule has 2 saturated carbocycles. The first kappa shape index (κ1) is 33.8. The summed E-state index contributed by atoms with van der Waals surface area (Å²) in [6.45, 7) is 2.32. The van der Waals surface area contributed by atoms with Crippen LogP contribution >= 0.6 is 0 Å². The van der Waals surface area contributed by atoms with Crippen LogP contribution in [0.25, 0.3) is 12.2 Å². The van der Waals surface area contributed by atoms with Gasteiger partial charge in [0.25, 0.3) is 0 Å². The molecule has 0 amide bonds. The highest BCUT2D eigenvalue weighted by Crippen LogP contribution is 2.60. The standard InChI is InChI=1S/C21H20O6.C18H24O2/c1-26-20-11-14(5-9-18(20)24)3-7-16(22)13-17(23)8-4-15-6-10-19(25)21(12-15)27-2;1-18-9-8-14-13-5-3-12(19)10-11(13)2-4-15(14)16(18)6-7-17(18)20/h3-12,24-25H,13H2,1-2H3;3,5,10,14-17,19-20H,2,4,6-9H2,1H3/b7-3+,8-4+;/t;14-,15-,16+,17+,18+/m.1/s1. The number of rotatable bonds is 8. The van der Waals surface area contributed by atoms with Gasteiger partial charge in [-0.05, 0) is 132 Å². The van der Waals surface area contributed by atoms with E-state index < -0.39 is 0 Å². The topological polar surface area (TPSA) is 134 Å². The van der Waals surface area contributed by atoms with Gasteiger partial charge in [-0.3, -0.25) is 9.59 Å². The number of aryl methyl sites for hydroxylation is 1. The summed E-state index contributed by atoms with van der Waals surface area (Å²) in [5, 5.41) is 39.1. The van der Waals surface area contributed by atoms with Gasteiger partial charge in [-0.1, -0.05) is 37.3 Å². The molecular formula is C39H44O8. The minimum absolute atomic E-state index is 0.00662. The number of allylic oxidation sites excluding steroid dienone is 2. The first-order valence-corrected chi connectivity index (χ1v) is 16.2. The van der Waals surface area contributed by atoms with Crippen LogP contribution in [-0.2, 0) is 16.0 Å². The van der Waals surface area contributed by atoms with Crippen molar-refractivity contribution in [3.05, 3.63) is 89.0 Å². The molecule has 0 radical (unpaired) electrons. The Labute approximate surface area is 276 Å². The molecule has 47 heavy (non-hydrogen) atoms. The van der Waals surface area contributed by atoms with Crippen molar-refractivity contribution >= 4 is 23.7 Å². The van der Waals surface area contributed by atoms with E-state index in [2.05, 4.69) is 13.0 Å². The van der Waals surface area contributed by atoms with Crippen LogP contribution in [0.3, 0.4) is 0 Å². The van der Waals surface area contributed by atoms with E-state index in [9.17, 15) is 30.0 Å². The van der Waals surface area contributed by atoms with Crippen molar-refractivity contribution in [1.82, 2.24) is 0 Å². The number of fused-ring (bicyclic) bond motifs is 5. The Bertz CT molecular complexity index is 1600. The second-order valence-corrected chi connectivity index (χ2v) is 13.1. The van der Waals surface area contributed by atoms with E-state index in [4.69, 9.17) is 9.47 Å². The lowest BCUT2D eigenvalue weighted by Gasteiger charge is -2.50. The Morgan fingerprint density at radius 2 is 1.40 bits per heavy atom. The quantitative estimate of drug-likeness (QED) is 0.153. The molecule has 0 saturated heterocycles. The molecule has 3 aromatic rings. The van der Waals surface area contributed by atoms with Gasteiger partial charge >= 0.3 is 0 Å². The maximum Gasteiger partial charge on any atom is 0.163 e. The van der Waals surface area contributed by atoms with Gasteiger partial charge in [-0.15, -0.1) is 0 Å². The maximum absolute atomic E-state index is 11.9. The van der Waals surface area contributed by atoms with Crippen LogP contribution in [0.2, 0.25) is 0 Å². The third kappa shape index (κ3) is 7.54. The molecule has 3 aromatic carbocycles. The summed E-state index contributed by atoms with van der Waals surface area (Å²) in [6.07, 6.45) is 12.2. The van der Waals surface area contributed by atoms with Crippen LogP contribution in [0.1, 0.15) is 73.6 Å². The van der Waals surface area contributed by atoms with Crippen LogP contribution in [0.4, 0.5) is 0 Å². The highest BCUT2D eigenvalue weighted by molar-refractivity contribution is 6.10. The Kier molecular flexibility index (Phi) is 10.4. The van der Waals surface area contributed by atoms with Crippen molar-refractivity contribution in [2.45, 2.75) is 63.9 Å². The molecule has 0 aromatic heterocycles. The van der Waals surface area contributed by atoms with E-state index >= 15 is 0 Å². The molecule has 3 aliphatic carbocycles. The monoisotopic (exact) mass is 640 g/mol. The molecule has 2 fully saturated rings. The molecule has 0 aliphatic heterocycles. The lowest BCUT2D eigenvalue weighted by Crippen LogP contribution is -2.43. The molecular weight excluding hydrogens is 596 g/mol. The van der Waals surface area contributed by atoms with Crippen molar-refractivity contribution in [3.63, 3.8) is 0 Å². The van der Waals surface area contributed by atoms with Gasteiger partial charge in [-0.25, -0.2) is 0 Å². The summed E-state index contributed by atoms with van der Waals surface area (Å²) < 4.78 is 10.00. The number of hydrogen-bond acceptors (Lipinski definition) is 8. The van der Waals surface area contributed by atoms with Crippen molar-refractivity contribution in [1.29, 1.82) is 0 Å². The van der Waals surface area contributed by atoms with Crippen molar-refractivity contribution in [2.24, 2.45) is 17.3 Å². The van der Waals surface area contributed by atoms with E-state index in [0.717, 1.165) is 25.2 Å². The van der Waals surface area contributed by atoms with Crippen LogP contribution in [0.15, 0.2) is 66.7 Å². The summed E-state index contributed by atoms with van der Waals surface area (Å²) >= 11 is 0. The minimum Gasteiger partial charge on any atom is -0.508 e. The fourth-order valence-electron chi connectivity index (χ4n) is 7.80. The zero-order valence-corrected chi connectivity index (χ0v) is 27.2. The lowest BCUT2D eigenvalue weighted by atomic mass is 9.55. The second kappa shape index (κ2) is 14.5. The summed E-state index contributed by atoms with van der Waals surface area (Å²) in [7, 11) is 2.87. The van der Waals surface area contributed by atoms with Gasteiger partial charge in [0, 0.05) is 0 Å². The van der Waals surface area contributed by atoms with Gasteiger partial charge in [0.05, 0.1) is 26.7 Å². The molecule has 3 aliphatic rings. The summed E-state index contributed by atoms with van der Waals surface area (Å²) in [6, 6.07) is 15.3. The average molecular weight is 641 g/mol. The van der Waals surface area contributed by atoms with E-state index in [0.29, 0.717) is 40.2 Å². The molecule has 4 N–H and O–H groups in total. The van der Waals surface area contributed by atoms with Gasteiger partial charge in [0.2, 0.25) is 0 Å². The smallest absolute Gasteiger partial charge is 0.163 e. The van der Waals surface area contributed by atoms with E-state index in [1.807, 2.05) is 12.1 Å². The number of aliphatic hydroxyl groups is 1. The summed E-state index contributed by atoms with van der Waals surface area (Å²) in [5.41, 5.74) is 4.32. The molecule has 8 heteroatoms. The Morgan fingerprint density at radius 1 is 0.809 bits per heavy atom. The Morgan fingerprint density at radius 3 is 1.98 bits per heavy atom. The van der Waals surface area contributed by atoms with E-state index in [-0.39, 0.29) is 41.0 Å². The minimum atomic E-state index is -0.347. The van der Waals surface area contributed by atoms with Crippen molar-refractivity contribution < 1.29 is 39.5 Å². The highest BCUT2D eigenvalue weighted by atomic mass is 16.5. The number of phenolic OH excluding ortho intramolecular Hbond substituents is 3. The number of benzene rings is 3. The lowest BCUT2D eigenvalue weighted by molar-refractivity contribution is -0.121. The normalized spacial score (nSPS) is 24.5. The number of ketones is 2. The van der Waals surface area contributed by atoms with Gasteiger partial charge in [0.15, 0.2) is 34.6 Å². The Hall–Kier alpha value is -4.56. The van der Waals surface area contributed by atoms with Crippen LogP contribution in [-0.4, -0.2) is 52.3 Å². The zero-order valence-electron chi connectivity index (χ0n) is 27.2. The fraction of sp³-hybridized carbons (Fsp3) is 0.385. The van der Waals surface area contributed by atoms with Crippen LogP contribution in [0.5, 0.6) is 28.7 Å². The number of phenols is 3. The fourth-order valence-corrected chi connectivity index (χ4v) is 7.80. The molecule has 248 valence electrons. The SMILES string of the molecule is COc1cc(/C=C/C(=O)CC(=O)/C=C/c2ccc(O)c(OC)c2)ccc1O.C[C@]12CC[C@@H]3c4ccc(O)cc4CC[C@H]3[C@@H]1CC[C@@H]2O. The number of aromatic hydroxyl groups is 3. The van der Waals surface area contributed by atoms with Gasteiger partial charge in [-0.2, -0.15) is 0 Å². The number of carbonyl (C=O) groups excluding carboxylic acids is 2. The number of methoxy groups -OCH3 is 2. The maximum atomic E-state index is 11.9. The molecule has 8 nitrogen and oxygen atoms in total. The van der Waals surface area contributed by atoms with Crippen LogP contribution < -0.4 is 9.47 Å². The van der Waals surface area contributed by atoms with Gasteiger partial charge < -0.3 is 29.9 Å². The van der Waals surface area contributed by atoms with E-state index in [1.165, 1.54) is 68.9 Å². The molecule has 0 unspecified atom stereocenters. The van der Waals surface area contributed by atoms with Crippen molar-refractivity contribution in [3.8, 4) is 28.7 Å². The third-order valence-corrected chi connectivity index (χ3v) is 10.3. The van der Waals surface area contributed by atoms with Gasteiger partial charge in [0.1, 0.15) is 5.75 Å². The summed E-state index contributed by atoms with van der Waals surface area (Å²) in [5.74, 6) is 2.41. The predicted octanol–water partition coefficient (Wildman–Crippen LogP) is 6.98. The highest BCUT2D eigenvalue weighted by Gasteiger charge is 2.54. The first-order valence-electron chi connectivity index (χ1n) is 16.2. The zero-order chi connectivity index (χ0) is 33.7. The number of carbonyl (C=O) groups is 2. The predicted molar refractivity (Wildman–Crippen MR) is 181 cm³/mol. The van der Waals surface area contributed by atoms with E-state index in [1.54, 1.807) is 36.4 Å².